The van der Waals surface area contributed by atoms with Gasteiger partial charge in [-0.2, -0.15) is 0 Å². The van der Waals surface area contributed by atoms with E-state index >= 15 is 0 Å². The number of guanidine groups is 1. The topological polar surface area (TPSA) is 52.1 Å². The normalized spacial score (nSPS) is 24.2. The number of halogens is 1. The number of hydrogen-bond donors (Lipinski definition) is 2. The quantitative estimate of drug-likeness (QED) is 0.243. The Hall–Kier alpha value is -0.580. The van der Waals surface area contributed by atoms with Crippen molar-refractivity contribution >= 4 is 46.3 Å². The van der Waals surface area contributed by atoms with Crippen LogP contribution in [0.2, 0.25) is 0 Å². The lowest BCUT2D eigenvalue weighted by Gasteiger charge is -2.35. The Balaban J connectivity index is 0.00000300. The van der Waals surface area contributed by atoms with Crippen LogP contribution in [0.15, 0.2) is 22.5 Å². The first-order valence-electron chi connectivity index (χ1n) is 10.8. The number of piperidine rings is 1. The summed E-state index contributed by atoms with van der Waals surface area (Å²) in [6.45, 7) is 13.6. The summed E-state index contributed by atoms with van der Waals surface area (Å²) in [5, 5.41) is 10.6. The lowest BCUT2D eigenvalue weighted by Crippen LogP contribution is -2.48. The number of thiophene rings is 1. The summed E-state index contributed by atoms with van der Waals surface area (Å²) >= 11 is 1.84. The molecule has 2 aliphatic heterocycles. The molecule has 2 atom stereocenters. The molecule has 2 saturated heterocycles. The number of nitrogens with zero attached hydrogens (tertiary/aromatic N) is 3. The Morgan fingerprint density at radius 3 is 2.59 bits per heavy atom. The van der Waals surface area contributed by atoms with E-state index in [9.17, 15) is 0 Å². The molecule has 1 aromatic heterocycles. The van der Waals surface area contributed by atoms with Crippen molar-refractivity contribution in [3.63, 3.8) is 0 Å². The van der Waals surface area contributed by atoms with Crippen LogP contribution in [0.3, 0.4) is 0 Å². The first-order valence-corrected chi connectivity index (χ1v) is 11.7. The molecule has 0 bridgehead atoms. The molecule has 0 saturated carbocycles. The van der Waals surface area contributed by atoms with Gasteiger partial charge in [-0.3, -0.25) is 9.89 Å². The monoisotopic (exact) mass is 535 g/mol. The van der Waals surface area contributed by atoms with Crippen molar-refractivity contribution in [2.75, 3.05) is 50.7 Å². The maximum atomic E-state index is 5.82. The molecular weight excluding hydrogens is 497 g/mol. The van der Waals surface area contributed by atoms with Gasteiger partial charge in [-0.25, -0.2) is 0 Å². The van der Waals surface area contributed by atoms with Crippen LogP contribution in [-0.2, 0) is 4.74 Å². The number of morpholine rings is 1. The van der Waals surface area contributed by atoms with Crippen LogP contribution < -0.4 is 15.5 Å². The second kappa shape index (κ2) is 13.0. The third-order valence-corrected chi connectivity index (χ3v) is 6.32. The lowest BCUT2D eigenvalue weighted by molar-refractivity contribution is -0.0679. The number of ether oxygens (including phenoxy) is 1. The smallest absolute Gasteiger partial charge is 0.191 e. The third kappa shape index (κ3) is 8.22. The predicted molar refractivity (Wildman–Crippen MR) is 135 cm³/mol. The zero-order valence-electron chi connectivity index (χ0n) is 18.1. The highest BCUT2D eigenvalue weighted by Gasteiger charge is 2.22. The van der Waals surface area contributed by atoms with Gasteiger partial charge in [0.2, 0.25) is 0 Å². The van der Waals surface area contributed by atoms with Crippen LogP contribution in [0.4, 0.5) is 5.00 Å². The van der Waals surface area contributed by atoms with E-state index in [4.69, 9.17) is 9.73 Å². The van der Waals surface area contributed by atoms with Gasteiger partial charge in [0.25, 0.3) is 0 Å². The van der Waals surface area contributed by atoms with E-state index in [0.29, 0.717) is 18.2 Å². The van der Waals surface area contributed by atoms with Crippen LogP contribution in [0.1, 0.15) is 40.0 Å². The van der Waals surface area contributed by atoms with Crippen LogP contribution in [0, 0.1) is 0 Å². The van der Waals surface area contributed by atoms with E-state index in [1.807, 2.05) is 11.3 Å². The van der Waals surface area contributed by atoms with Gasteiger partial charge in [0, 0.05) is 51.9 Å². The average Bonchev–Trinajstić information content (AvgIpc) is 3.20. The second-order valence-corrected chi connectivity index (χ2v) is 8.91. The highest BCUT2D eigenvalue weighted by atomic mass is 127. The van der Waals surface area contributed by atoms with Gasteiger partial charge < -0.3 is 20.3 Å². The molecule has 1 aromatic rings. The van der Waals surface area contributed by atoms with Gasteiger partial charge in [0.05, 0.1) is 17.2 Å². The molecule has 0 spiro atoms. The van der Waals surface area contributed by atoms with Crippen molar-refractivity contribution in [2.24, 2.45) is 4.99 Å². The molecule has 0 amide bonds. The fourth-order valence-electron chi connectivity index (χ4n) is 4.16. The highest BCUT2D eigenvalue weighted by molar-refractivity contribution is 14.0. The van der Waals surface area contributed by atoms with Crippen LogP contribution in [0.25, 0.3) is 0 Å². The number of anilines is 1. The third-order valence-electron chi connectivity index (χ3n) is 5.40. The van der Waals surface area contributed by atoms with E-state index in [0.717, 1.165) is 71.0 Å². The van der Waals surface area contributed by atoms with Gasteiger partial charge in [-0.05, 0) is 57.5 Å². The summed E-state index contributed by atoms with van der Waals surface area (Å²) in [6, 6.07) is 4.87. The molecule has 2 fully saturated rings. The van der Waals surface area contributed by atoms with Crippen molar-refractivity contribution < 1.29 is 4.74 Å². The van der Waals surface area contributed by atoms with Crippen molar-refractivity contribution in [1.29, 1.82) is 0 Å². The minimum Gasteiger partial charge on any atom is -0.373 e. The second-order valence-electron chi connectivity index (χ2n) is 7.99. The van der Waals surface area contributed by atoms with Crippen LogP contribution in [-0.4, -0.2) is 74.9 Å². The fraction of sp³-hybridized carbons (Fsp3) is 0.762. The Kier molecular flexibility index (Phi) is 11.0. The number of aliphatic imine (C=N–C) groups is 1. The molecule has 2 aliphatic rings. The van der Waals surface area contributed by atoms with E-state index in [1.54, 1.807) is 0 Å². The van der Waals surface area contributed by atoms with Gasteiger partial charge in [-0.1, -0.05) is 0 Å². The molecule has 8 heteroatoms. The Bertz CT molecular complexity index is 582. The predicted octanol–water partition coefficient (Wildman–Crippen LogP) is 3.39. The SMILES string of the molecule is CCNC(=NCCCN1CC(C)OC(C)C1)NC1CCN(c2cccs2)CC1.I. The maximum absolute atomic E-state index is 5.82. The molecule has 3 heterocycles. The van der Waals surface area contributed by atoms with Gasteiger partial charge in [0.1, 0.15) is 0 Å². The van der Waals surface area contributed by atoms with E-state index in [1.165, 1.54) is 5.00 Å². The summed E-state index contributed by atoms with van der Waals surface area (Å²) in [6.07, 6.45) is 4.09. The number of rotatable bonds is 7. The van der Waals surface area contributed by atoms with E-state index in [-0.39, 0.29) is 24.0 Å². The first kappa shape index (κ1) is 24.7. The van der Waals surface area contributed by atoms with Gasteiger partial charge >= 0.3 is 0 Å². The molecule has 29 heavy (non-hydrogen) atoms. The molecule has 0 aromatic carbocycles. The zero-order valence-corrected chi connectivity index (χ0v) is 21.2. The molecule has 3 rings (SSSR count). The lowest BCUT2D eigenvalue weighted by atomic mass is 10.1. The van der Waals surface area contributed by atoms with E-state index in [2.05, 4.69) is 58.7 Å². The first-order chi connectivity index (χ1) is 13.6. The summed E-state index contributed by atoms with van der Waals surface area (Å²) in [4.78, 5) is 9.83. The van der Waals surface area contributed by atoms with Crippen molar-refractivity contribution in [3.8, 4) is 0 Å². The molecule has 2 N–H and O–H groups in total. The molecule has 2 unspecified atom stereocenters. The van der Waals surface area contributed by atoms with Crippen molar-refractivity contribution in [1.82, 2.24) is 15.5 Å². The molecule has 0 radical (unpaired) electrons. The van der Waals surface area contributed by atoms with E-state index < -0.39 is 0 Å². The van der Waals surface area contributed by atoms with Crippen molar-refractivity contribution in [3.05, 3.63) is 17.5 Å². The largest absolute Gasteiger partial charge is 0.373 e. The maximum Gasteiger partial charge on any atom is 0.191 e. The summed E-state index contributed by atoms with van der Waals surface area (Å²) in [7, 11) is 0. The molecule has 6 nitrogen and oxygen atoms in total. The molecule has 166 valence electrons. The summed E-state index contributed by atoms with van der Waals surface area (Å²) < 4.78 is 5.82. The Morgan fingerprint density at radius 1 is 1.24 bits per heavy atom. The van der Waals surface area contributed by atoms with Gasteiger partial charge in [0.15, 0.2) is 5.96 Å². The van der Waals surface area contributed by atoms with Crippen molar-refractivity contribution in [2.45, 2.75) is 58.3 Å². The van der Waals surface area contributed by atoms with Gasteiger partial charge in [-0.15, -0.1) is 35.3 Å². The summed E-state index contributed by atoms with van der Waals surface area (Å²) in [5.41, 5.74) is 0. The standard InChI is InChI=1S/C21H37N5OS.HI/c1-4-22-21(23-10-6-11-25-15-17(2)27-18(3)16-25)24-19-8-12-26(13-9-19)20-7-5-14-28-20;/h5,7,14,17-19H,4,6,8-13,15-16H2,1-3H3,(H2,22,23,24);1H. The minimum atomic E-state index is 0. The molecule has 0 aliphatic carbocycles. The number of hydrogen-bond acceptors (Lipinski definition) is 5. The highest BCUT2D eigenvalue weighted by Crippen LogP contribution is 2.24. The summed E-state index contributed by atoms with van der Waals surface area (Å²) in [5.74, 6) is 0.973. The Labute approximate surface area is 197 Å². The molecular formula is C21H38IN5OS. The van der Waals surface area contributed by atoms with Crippen LogP contribution >= 0.6 is 35.3 Å². The minimum absolute atomic E-state index is 0. The Morgan fingerprint density at radius 2 is 1.97 bits per heavy atom. The zero-order chi connectivity index (χ0) is 19.8. The number of nitrogens with one attached hydrogen (secondary N) is 2. The van der Waals surface area contributed by atoms with Crippen LogP contribution in [0.5, 0.6) is 0 Å². The fourth-order valence-corrected chi connectivity index (χ4v) is 4.94. The average molecular weight is 536 g/mol.